The molecule has 2 N–H and O–H groups in total. The number of rotatable bonds is 2. The fourth-order valence-corrected chi connectivity index (χ4v) is 3.87. The number of pyridine rings is 1. The third-order valence-corrected chi connectivity index (χ3v) is 5.18. The zero-order valence-electron chi connectivity index (χ0n) is 15.6. The number of amides is 1. The summed E-state index contributed by atoms with van der Waals surface area (Å²) in [7, 11) is 0. The van der Waals surface area contributed by atoms with Gasteiger partial charge in [-0.25, -0.2) is 14.5 Å². The van der Waals surface area contributed by atoms with Crippen molar-refractivity contribution in [2.24, 2.45) is 0 Å². The summed E-state index contributed by atoms with van der Waals surface area (Å²) in [5.74, 6) is 0.511. The van der Waals surface area contributed by atoms with Crippen molar-refractivity contribution >= 4 is 28.6 Å². The highest BCUT2D eigenvalue weighted by molar-refractivity contribution is 5.93. The molecule has 0 radical (unpaired) electrons. The quantitative estimate of drug-likeness (QED) is 0.666. The van der Waals surface area contributed by atoms with Crippen LogP contribution < -0.4 is 15.5 Å². The third kappa shape index (κ3) is 3.02. The van der Waals surface area contributed by atoms with Crippen LogP contribution in [-0.2, 0) is 4.74 Å². The molecule has 11 heteroatoms. The third-order valence-electron chi connectivity index (χ3n) is 5.18. The predicted molar refractivity (Wildman–Crippen MR) is 103 cm³/mol. The summed E-state index contributed by atoms with van der Waals surface area (Å²) in [6.07, 6.45) is -7.08. The van der Waals surface area contributed by atoms with Crippen molar-refractivity contribution in [1.29, 1.82) is 0 Å². The molecule has 1 aromatic carbocycles. The van der Waals surface area contributed by atoms with E-state index in [-0.39, 0.29) is 17.1 Å². The van der Waals surface area contributed by atoms with Crippen molar-refractivity contribution in [3.05, 3.63) is 42.1 Å². The molecule has 0 spiro atoms. The Balaban J connectivity index is 1.73. The normalized spacial score (nSPS) is 19.4. The van der Waals surface area contributed by atoms with Crippen LogP contribution in [0, 0.1) is 0 Å². The topological polar surface area (TPSA) is 84.3 Å². The van der Waals surface area contributed by atoms with Gasteiger partial charge in [0.15, 0.2) is 5.82 Å². The molecule has 1 fully saturated rings. The van der Waals surface area contributed by atoms with Gasteiger partial charge in [-0.2, -0.15) is 13.2 Å². The van der Waals surface area contributed by atoms with Gasteiger partial charge < -0.3 is 15.0 Å². The number of fused-ring (bicyclic) bond motifs is 2. The van der Waals surface area contributed by atoms with E-state index >= 15 is 0 Å². The molecule has 1 saturated heterocycles. The number of benzene rings is 1. The number of anilines is 2. The Morgan fingerprint density at radius 1 is 1.13 bits per heavy atom. The fraction of sp³-hybridized carbons (Fsp3) is 0.316. The lowest BCUT2D eigenvalue weighted by molar-refractivity contribution is -0.206. The minimum absolute atomic E-state index is 0.153. The molecule has 4 heterocycles. The maximum atomic E-state index is 13.7. The van der Waals surface area contributed by atoms with Gasteiger partial charge in [-0.05, 0) is 18.2 Å². The molecule has 2 aliphatic rings. The van der Waals surface area contributed by atoms with Gasteiger partial charge in [0.2, 0.25) is 6.10 Å². The summed E-state index contributed by atoms with van der Waals surface area (Å²) in [6, 6.07) is 8.80. The van der Waals surface area contributed by atoms with E-state index < -0.39 is 18.4 Å². The van der Waals surface area contributed by atoms with E-state index in [2.05, 4.69) is 30.4 Å². The van der Waals surface area contributed by atoms with Crippen LogP contribution in [-0.4, -0.2) is 53.2 Å². The van der Waals surface area contributed by atoms with Gasteiger partial charge in [0.25, 0.3) is 0 Å². The zero-order chi connectivity index (χ0) is 20.9. The number of piperazine rings is 1. The van der Waals surface area contributed by atoms with E-state index in [0.717, 1.165) is 31.6 Å². The Hall–Kier alpha value is -3.34. The van der Waals surface area contributed by atoms with Crippen molar-refractivity contribution in [3.63, 3.8) is 0 Å². The number of para-hydroxylation sites is 1. The number of nitrogens with one attached hydrogen (secondary N) is 2. The van der Waals surface area contributed by atoms with Crippen LogP contribution in [0.1, 0.15) is 11.7 Å². The van der Waals surface area contributed by atoms with E-state index in [1.54, 1.807) is 12.1 Å². The zero-order valence-corrected chi connectivity index (χ0v) is 15.6. The fourth-order valence-electron chi connectivity index (χ4n) is 3.87. The lowest BCUT2D eigenvalue weighted by Crippen LogP contribution is -2.43. The molecule has 1 amide bonds. The molecule has 0 bridgehead atoms. The molecule has 8 nitrogen and oxygen atoms in total. The van der Waals surface area contributed by atoms with E-state index in [1.807, 2.05) is 12.1 Å². The van der Waals surface area contributed by atoms with Crippen molar-refractivity contribution in [3.8, 4) is 5.69 Å². The van der Waals surface area contributed by atoms with Crippen LogP contribution in [0.2, 0.25) is 0 Å². The highest BCUT2D eigenvalue weighted by atomic mass is 19.4. The van der Waals surface area contributed by atoms with Crippen LogP contribution in [0.3, 0.4) is 0 Å². The largest absolute Gasteiger partial charge is 0.431 e. The monoisotopic (exact) mass is 418 g/mol. The molecule has 5 rings (SSSR count). The first-order chi connectivity index (χ1) is 14.4. The molecule has 0 unspecified atom stereocenters. The number of hydrogen-bond donors (Lipinski definition) is 2. The average molecular weight is 418 g/mol. The van der Waals surface area contributed by atoms with Gasteiger partial charge in [0.1, 0.15) is 5.82 Å². The summed E-state index contributed by atoms with van der Waals surface area (Å²) in [5.41, 5.74) is 0.530. The number of halogens is 3. The second-order valence-corrected chi connectivity index (χ2v) is 7.03. The lowest BCUT2D eigenvalue weighted by Gasteiger charge is -2.29. The second kappa shape index (κ2) is 6.87. The number of carbonyl (C=O) groups excluding carboxylic acids is 1. The van der Waals surface area contributed by atoms with Crippen molar-refractivity contribution in [1.82, 2.24) is 20.1 Å². The van der Waals surface area contributed by atoms with Gasteiger partial charge >= 0.3 is 12.3 Å². The SMILES string of the molecule is O=C1Nc2nccc(-n3nc(N4CCNCC4)c4ccccc43)c2[C@H](C(F)(F)F)O1. The number of carbonyl (C=O) groups is 1. The van der Waals surface area contributed by atoms with Crippen LogP contribution in [0.15, 0.2) is 36.5 Å². The Morgan fingerprint density at radius 3 is 2.67 bits per heavy atom. The first-order valence-electron chi connectivity index (χ1n) is 9.40. The summed E-state index contributed by atoms with van der Waals surface area (Å²) in [4.78, 5) is 17.7. The van der Waals surface area contributed by atoms with Gasteiger partial charge in [-0.15, -0.1) is 5.10 Å². The van der Waals surface area contributed by atoms with Gasteiger partial charge in [-0.1, -0.05) is 12.1 Å². The van der Waals surface area contributed by atoms with E-state index in [9.17, 15) is 18.0 Å². The lowest BCUT2D eigenvalue weighted by atomic mass is 10.1. The molecule has 156 valence electrons. The number of alkyl halides is 3. The van der Waals surface area contributed by atoms with Crippen molar-refractivity contribution < 1.29 is 22.7 Å². The first-order valence-corrected chi connectivity index (χ1v) is 9.40. The molecule has 3 aromatic rings. The maximum absolute atomic E-state index is 13.7. The van der Waals surface area contributed by atoms with Crippen LogP contribution in [0.25, 0.3) is 16.6 Å². The van der Waals surface area contributed by atoms with Gasteiger partial charge in [-0.3, -0.25) is 5.32 Å². The summed E-state index contributed by atoms with van der Waals surface area (Å²) < 4.78 is 47.2. The Labute approximate surface area is 168 Å². The average Bonchev–Trinajstić information content (AvgIpc) is 3.12. The Kier molecular flexibility index (Phi) is 4.28. The highest BCUT2D eigenvalue weighted by Gasteiger charge is 2.49. The molecule has 0 aliphatic carbocycles. The minimum atomic E-state index is -4.80. The standard InChI is InChI=1S/C19H17F3N6O2/c20-19(21,22)15-14-13(5-6-24-16(14)25-18(29)30-15)28-12-4-2-1-3-11(12)17(26-28)27-9-7-23-8-10-27/h1-6,15,23H,7-10H2,(H,24,25,29)/t15-/m1/s1. The molecular weight excluding hydrogens is 401 g/mol. The van der Waals surface area contributed by atoms with Gasteiger partial charge in [0.05, 0.1) is 16.8 Å². The van der Waals surface area contributed by atoms with Gasteiger partial charge in [0, 0.05) is 37.8 Å². The molecule has 2 aliphatic heterocycles. The summed E-state index contributed by atoms with van der Waals surface area (Å²) >= 11 is 0. The van der Waals surface area contributed by atoms with E-state index in [4.69, 9.17) is 0 Å². The summed E-state index contributed by atoms with van der Waals surface area (Å²) in [6.45, 7) is 3.06. The highest BCUT2D eigenvalue weighted by Crippen LogP contribution is 2.44. The Morgan fingerprint density at radius 2 is 1.90 bits per heavy atom. The number of cyclic esters (lactones) is 1. The van der Waals surface area contributed by atoms with Crippen LogP contribution in [0.4, 0.5) is 29.6 Å². The molecule has 2 aromatic heterocycles. The number of nitrogens with zero attached hydrogens (tertiary/aromatic N) is 4. The van der Waals surface area contributed by atoms with Crippen LogP contribution >= 0.6 is 0 Å². The molecule has 0 saturated carbocycles. The van der Waals surface area contributed by atoms with Crippen LogP contribution in [0.5, 0.6) is 0 Å². The maximum Gasteiger partial charge on any atom is 0.430 e. The first kappa shape index (κ1) is 18.7. The Bertz CT molecular complexity index is 1120. The second-order valence-electron chi connectivity index (χ2n) is 7.03. The predicted octanol–water partition coefficient (Wildman–Crippen LogP) is 3.00. The minimum Gasteiger partial charge on any atom is -0.431 e. The summed E-state index contributed by atoms with van der Waals surface area (Å²) in [5, 5.41) is 11.0. The van der Waals surface area contributed by atoms with Crippen molar-refractivity contribution in [2.45, 2.75) is 12.3 Å². The van der Waals surface area contributed by atoms with Crippen molar-refractivity contribution in [2.75, 3.05) is 36.4 Å². The van der Waals surface area contributed by atoms with E-state index in [0.29, 0.717) is 11.3 Å². The molecule has 30 heavy (non-hydrogen) atoms. The molecule has 1 atom stereocenters. The van der Waals surface area contributed by atoms with E-state index in [1.165, 1.54) is 16.9 Å². The number of ether oxygens (including phenoxy) is 1. The number of aromatic nitrogens is 3. The number of hydrogen-bond acceptors (Lipinski definition) is 6. The molecular formula is C19H17F3N6O2. The smallest absolute Gasteiger partial charge is 0.430 e.